The lowest BCUT2D eigenvalue weighted by atomic mass is 9.44. The van der Waals surface area contributed by atoms with Crippen molar-refractivity contribution >= 4 is 23.5 Å². The first-order chi connectivity index (χ1) is 19.3. The molecule has 0 unspecified atom stereocenters. The molecule has 216 valence electrons. The summed E-state index contributed by atoms with van der Waals surface area (Å²) < 4.78 is 66.5. The molecule has 39 heavy (non-hydrogen) atoms. The van der Waals surface area contributed by atoms with Crippen LogP contribution in [-0.2, 0) is 28.7 Å². The van der Waals surface area contributed by atoms with Crippen LogP contribution in [0.5, 0.6) is 0 Å². The van der Waals surface area contributed by atoms with Gasteiger partial charge in [-0.15, -0.1) is 0 Å². The number of aliphatic hydroxyl groups is 1. The van der Waals surface area contributed by atoms with Crippen LogP contribution in [0, 0.1) is 28.6 Å². The second kappa shape index (κ2) is 10.2. The Kier molecular flexibility index (Phi) is 6.68. The van der Waals surface area contributed by atoms with Crippen LogP contribution in [0.2, 0.25) is 0 Å². The Bertz CT molecular complexity index is 1220. The molecular weight excluding hydrogens is 510 g/mol. The molecule has 0 heterocycles. The molecule has 4 aliphatic carbocycles. The largest absolute Gasteiger partial charge is 0.457 e. The van der Waals surface area contributed by atoms with Crippen LogP contribution < -0.4 is 0 Å². The molecule has 3 fully saturated rings. The molecule has 0 aromatic carbocycles. The Morgan fingerprint density at radius 3 is 2.62 bits per heavy atom. The van der Waals surface area contributed by atoms with Crippen molar-refractivity contribution in [1.29, 1.82) is 0 Å². The Morgan fingerprint density at radius 2 is 1.95 bits per heavy atom. The van der Waals surface area contributed by atoms with Gasteiger partial charge < -0.3 is 14.6 Å². The molecule has 0 aliphatic heterocycles. The molecule has 8 atom stereocenters. The molecule has 9 heteroatoms. The molecule has 4 rings (SSSR count). The number of ketones is 2. The zero-order valence-electron chi connectivity index (χ0n) is 25.9. The fraction of sp³-hybridized carbons (Fsp3) is 0.733. The molecule has 0 aromatic rings. The van der Waals surface area contributed by atoms with Crippen molar-refractivity contribution in [2.45, 2.75) is 103 Å². The van der Waals surface area contributed by atoms with Crippen molar-refractivity contribution in [3.63, 3.8) is 0 Å². The van der Waals surface area contributed by atoms with Crippen LogP contribution in [0.3, 0.4) is 0 Å². The minimum Gasteiger partial charge on any atom is -0.457 e. The van der Waals surface area contributed by atoms with Crippen molar-refractivity contribution in [2.24, 2.45) is 28.6 Å². The minimum absolute atomic E-state index is 0.0371. The Morgan fingerprint density at radius 1 is 1.23 bits per heavy atom. The molecular formula is C30H40F2O7. The van der Waals surface area contributed by atoms with Gasteiger partial charge in [-0.25, -0.2) is 8.78 Å². The summed E-state index contributed by atoms with van der Waals surface area (Å²) in [6.45, 7) is 3.50. The minimum atomic E-state index is -2.42. The molecule has 1 N–H and O–H groups in total. The number of rotatable bonds is 8. The normalized spacial score (nSPS) is 42.3. The van der Waals surface area contributed by atoms with Crippen molar-refractivity contribution in [2.75, 3.05) is 6.61 Å². The van der Waals surface area contributed by atoms with E-state index in [9.17, 15) is 24.3 Å². The van der Waals surface area contributed by atoms with E-state index in [0.29, 0.717) is 0 Å². The van der Waals surface area contributed by atoms with Crippen LogP contribution in [-0.4, -0.2) is 58.8 Å². The number of esters is 2. The van der Waals surface area contributed by atoms with Crippen molar-refractivity contribution < 1.29 is 46.7 Å². The molecule has 0 saturated heterocycles. The highest BCUT2D eigenvalue weighted by atomic mass is 19.1. The third-order valence-corrected chi connectivity index (χ3v) is 9.76. The van der Waals surface area contributed by atoms with E-state index >= 15 is 8.78 Å². The number of carbonyl (C=O) groups excluding carboxylic acids is 4. The summed E-state index contributed by atoms with van der Waals surface area (Å²) >= 11 is 0. The Labute approximate surface area is 232 Å². The van der Waals surface area contributed by atoms with Gasteiger partial charge in [0.1, 0.15) is 6.17 Å². The van der Waals surface area contributed by atoms with E-state index in [4.69, 9.17) is 13.6 Å². The number of alkyl halides is 2. The SMILES string of the molecule is [2H]C([2H])([2H])CCC(=O)O[C@]1(C(=O)COC(=O)CC(C)C)CC[C@H]2[C@@H]3C[C@H](F)C4=CC(=O)C=C[C@]4(C)[C@@]3(F)[C@@H](O)C[C@@]21C. The van der Waals surface area contributed by atoms with Gasteiger partial charge in [0, 0.05) is 33.7 Å². The van der Waals surface area contributed by atoms with E-state index in [1.54, 1.807) is 20.8 Å². The predicted molar refractivity (Wildman–Crippen MR) is 138 cm³/mol. The Hall–Kier alpha value is -2.42. The van der Waals surface area contributed by atoms with Gasteiger partial charge in [0.25, 0.3) is 0 Å². The first-order valence-electron chi connectivity index (χ1n) is 15.2. The van der Waals surface area contributed by atoms with Crippen LogP contribution in [0.1, 0.15) is 83.6 Å². The molecule has 0 bridgehead atoms. The second-order valence-electron chi connectivity index (χ2n) is 12.4. The van der Waals surface area contributed by atoms with Gasteiger partial charge in [0.15, 0.2) is 23.7 Å². The predicted octanol–water partition coefficient (Wildman–Crippen LogP) is 4.55. The van der Waals surface area contributed by atoms with Crippen LogP contribution in [0.4, 0.5) is 8.78 Å². The maximum atomic E-state index is 17.4. The standard InChI is InChI=1S/C30H40F2O7/c1-6-7-25(36)39-29(24(35)16-38-26(37)12-17(2)3)11-9-19-20-14-22(31)21-13-18(33)8-10-27(21,4)30(20,32)23(34)15-28(19,29)5/h8,10,13,17,19-20,22-23,34H,6-7,9,11-12,14-16H2,1-5H3/t19-,20-,22-,23-,27-,28-,29-,30-/m0/s1/i1D3. The summed E-state index contributed by atoms with van der Waals surface area (Å²) in [4.78, 5) is 51.3. The first kappa shape index (κ1) is 25.5. The lowest BCUT2D eigenvalue weighted by Crippen LogP contribution is -2.70. The Balaban J connectivity index is 1.73. The van der Waals surface area contributed by atoms with E-state index in [2.05, 4.69) is 0 Å². The van der Waals surface area contributed by atoms with E-state index in [0.717, 1.165) is 6.08 Å². The summed E-state index contributed by atoms with van der Waals surface area (Å²) in [5.74, 6) is -4.70. The van der Waals surface area contributed by atoms with Crippen molar-refractivity contribution in [3.8, 4) is 0 Å². The molecule has 0 aromatic heterocycles. The van der Waals surface area contributed by atoms with Crippen LogP contribution in [0.15, 0.2) is 23.8 Å². The topological polar surface area (TPSA) is 107 Å². The quantitative estimate of drug-likeness (QED) is 0.440. The third-order valence-electron chi connectivity index (χ3n) is 9.76. The third kappa shape index (κ3) is 4.39. The van der Waals surface area contributed by atoms with Gasteiger partial charge in [-0.3, -0.25) is 19.2 Å². The van der Waals surface area contributed by atoms with E-state index in [-0.39, 0.29) is 43.6 Å². The van der Waals surface area contributed by atoms with E-state index < -0.39 is 96.0 Å². The van der Waals surface area contributed by atoms with Gasteiger partial charge in [-0.2, -0.15) is 0 Å². The second-order valence-corrected chi connectivity index (χ2v) is 12.4. The molecule has 7 nitrogen and oxygen atoms in total. The van der Waals surface area contributed by atoms with E-state index in [1.807, 2.05) is 0 Å². The monoisotopic (exact) mass is 553 g/mol. The average molecular weight is 554 g/mol. The number of carbonyl (C=O) groups is 4. The lowest BCUT2D eigenvalue weighted by Gasteiger charge is -2.63. The number of aliphatic hydroxyl groups excluding tert-OH is 1. The fourth-order valence-corrected chi connectivity index (χ4v) is 7.88. The summed E-state index contributed by atoms with van der Waals surface area (Å²) in [5.41, 5.74) is -7.41. The highest BCUT2D eigenvalue weighted by Gasteiger charge is 2.76. The summed E-state index contributed by atoms with van der Waals surface area (Å²) in [5, 5.41) is 11.6. The van der Waals surface area contributed by atoms with Gasteiger partial charge >= 0.3 is 11.9 Å². The molecule has 3 saturated carbocycles. The van der Waals surface area contributed by atoms with Crippen molar-refractivity contribution in [1.82, 2.24) is 0 Å². The average Bonchev–Trinajstić information content (AvgIpc) is 3.15. The van der Waals surface area contributed by atoms with Gasteiger partial charge in [-0.05, 0) is 68.6 Å². The lowest BCUT2D eigenvalue weighted by molar-refractivity contribution is -0.229. The molecule has 0 radical (unpaired) electrons. The molecule has 4 aliphatic rings. The number of halogens is 2. The smallest absolute Gasteiger partial charge is 0.306 e. The van der Waals surface area contributed by atoms with Gasteiger partial charge in [0.2, 0.25) is 5.78 Å². The highest BCUT2D eigenvalue weighted by Crippen LogP contribution is 2.70. The maximum absolute atomic E-state index is 17.4. The van der Waals surface area contributed by atoms with E-state index in [1.165, 1.54) is 19.1 Å². The maximum Gasteiger partial charge on any atom is 0.306 e. The first-order valence-corrected chi connectivity index (χ1v) is 13.7. The fourth-order valence-electron chi connectivity index (χ4n) is 7.88. The molecule has 0 spiro atoms. The number of Topliss-reactive ketones (excluding diaryl/α,β-unsaturated/α-hetero) is 1. The molecule has 0 amide bonds. The number of hydrogen-bond acceptors (Lipinski definition) is 7. The highest BCUT2D eigenvalue weighted by molar-refractivity contribution is 6.01. The zero-order chi connectivity index (χ0) is 31.5. The van der Waals surface area contributed by atoms with Crippen LogP contribution in [0.25, 0.3) is 0 Å². The van der Waals surface area contributed by atoms with Gasteiger partial charge in [0.05, 0.1) is 6.10 Å². The number of allylic oxidation sites excluding steroid dienone is 4. The summed E-state index contributed by atoms with van der Waals surface area (Å²) in [7, 11) is 0. The number of fused-ring (bicyclic) bond motifs is 5. The number of hydrogen-bond donors (Lipinski definition) is 1. The summed E-state index contributed by atoms with van der Waals surface area (Å²) in [6, 6.07) is 0. The van der Waals surface area contributed by atoms with Crippen LogP contribution >= 0.6 is 0 Å². The summed E-state index contributed by atoms with van der Waals surface area (Å²) in [6.07, 6.45) is -1.48. The van der Waals surface area contributed by atoms with Crippen molar-refractivity contribution in [3.05, 3.63) is 23.8 Å². The number of ether oxygens (including phenoxy) is 2. The zero-order valence-corrected chi connectivity index (χ0v) is 22.9. The van der Waals surface area contributed by atoms with Gasteiger partial charge in [-0.1, -0.05) is 33.7 Å².